The van der Waals surface area contributed by atoms with E-state index in [1.54, 1.807) is 6.92 Å². The van der Waals surface area contributed by atoms with Crippen molar-refractivity contribution in [2.75, 3.05) is 19.6 Å². The fourth-order valence-electron chi connectivity index (χ4n) is 2.63. The zero-order valence-electron chi connectivity index (χ0n) is 12.4. The van der Waals surface area contributed by atoms with Crippen LogP contribution in [0.25, 0.3) is 0 Å². The topological polar surface area (TPSA) is 75.4 Å². The Morgan fingerprint density at radius 2 is 1.79 bits per heavy atom. The van der Waals surface area contributed by atoms with Crippen LogP contribution in [-0.2, 0) is 9.59 Å². The number of nitrogens with zero attached hydrogens (tertiary/aromatic N) is 1. The molecular weight excluding hydrogens is 242 g/mol. The fraction of sp³-hybridized carbons (Fsp3) is 0.857. The molecule has 0 radical (unpaired) electrons. The maximum Gasteiger partial charge on any atom is 0.227 e. The molecule has 1 heterocycles. The average Bonchev–Trinajstić information content (AvgIpc) is 2.42. The summed E-state index contributed by atoms with van der Waals surface area (Å²) in [5.74, 6) is 0.185. The summed E-state index contributed by atoms with van der Waals surface area (Å²) in [6, 6.07) is 0.173. The van der Waals surface area contributed by atoms with Crippen molar-refractivity contribution >= 4 is 11.8 Å². The van der Waals surface area contributed by atoms with Crippen molar-refractivity contribution in [2.45, 2.75) is 52.5 Å². The number of nitrogens with one attached hydrogen (secondary N) is 1. The van der Waals surface area contributed by atoms with E-state index in [-0.39, 0.29) is 17.9 Å². The lowest BCUT2D eigenvalue weighted by Gasteiger charge is -2.35. The number of carbonyl (C=O) groups excluding carboxylic acids is 2. The Hall–Kier alpha value is -1.10. The van der Waals surface area contributed by atoms with Crippen LogP contribution in [0.3, 0.4) is 0 Å². The van der Waals surface area contributed by atoms with E-state index < -0.39 is 5.41 Å². The number of rotatable bonds is 5. The van der Waals surface area contributed by atoms with Crippen LogP contribution in [0, 0.1) is 5.41 Å². The molecule has 0 aromatic heterocycles. The fourth-order valence-corrected chi connectivity index (χ4v) is 2.63. The Kier molecular flexibility index (Phi) is 5.79. The van der Waals surface area contributed by atoms with Crippen LogP contribution >= 0.6 is 0 Å². The predicted octanol–water partition coefficient (Wildman–Crippen LogP) is 0.879. The largest absolute Gasteiger partial charge is 0.353 e. The highest BCUT2D eigenvalue weighted by atomic mass is 16.2. The first kappa shape index (κ1) is 16.0. The van der Waals surface area contributed by atoms with Gasteiger partial charge < -0.3 is 16.0 Å². The summed E-state index contributed by atoms with van der Waals surface area (Å²) in [4.78, 5) is 25.5. The van der Waals surface area contributed by atoms with Gasteiger partial charge in [0, 0.05) is 32.6 Å². The first-order chi connectivity index (χ1) is 8.99. The van der Waals surface area contributed by atoms with Gasteiger partial charge in [0.15, 0.2) is 0 Å². The highest BCUT2D eigenvalue weighted by Crippen LogP contribution is 2.25. The minimum absolute atomic E-state index is 0.0706. The minimum Gasteiger partial charge on any atom is -0.353 e. The van der Waals surface area contributed by atoms with E-state index >= 15 is 0 Å². The second-order valence-electron chi connectivity index (χ2n) is 5.45. The molecule has 3 N–H and O–H groups in total. The van der Waals surface area contributed by atoms with Gasteiger partial charge in [-0.05, 0) is 25.7 Å². The van der Waals surface area contributed by atoms with Gasteiger partial charge in [-0.15, -0.1) is 0 Å². The highest BCUT2D eigenvalue weighted by Gasteiger charge is 2.35. The second-order valence-corrected chi connectivity index (χ2v) is 5.45. The van der Waals surface area contributed by atoms with Crippen molar-refractivity contribution < 1.29 is 9.59 Å². The van der Waals surface area contributed by atoms with E-state index in [1.807, 2.05) is 18.7 Å². The Balaban J connectivity index is 2.52. The molecule has 1 aliphatic heterocycles. The first-order valence-electron chi connectivity index (χ1n) is 7.25. The van der Waals surface area contributed by atoms with E-state index in [4.69, 9.17) is 5.73 Å². The summed E-state index contributed by atoms with van der Waals surface area (Å²) >= 11 is 0. The van der Waals surface area contributed by atoms with E-state index in [1.165, 1.54) is 0 Å². The predicted molar refractivity (Wildman–Crippen MR) is 75.5 cm³/mol. The summed E-state index contributed by atoms with van der Waals surface area (Å²) in [6.07, 6.45) is 3.19. The minimum atomic E-state index is -0.433. The van der Waals surface area contributed by atoms with Crippen LogP contribution in [0.15, 0.2) is 0 Å². The maximum absolute atomic E-state index is 12.4. The Bertz CT molecular complexity index is 310. The van der Waals surface area contributed by atoms with Crippen LogP contribution in [-0.4, -0.2) is 42.4 Å². The number of nitrogens with two attached hydrogens (primary N) is 1. The smallest absolute Gasteiger partial charge is 0.227 e. The van der Waals surface area contributed by atoms with Gasteiger partial charge in [0.25, 0.3) is 0 Å². The molecule has 1 fully saturated rings. The zero-order valence-corrected chi connectivity index (χ0v) is 12.4. The number of hydrogen-bond donors (Lipinski definition) is 2. The molecule has 0 aromatic carbocycles. The molecule has 1 rings (SSSR count). The molecule has 19 heavy (non-hydrogen) atoms. The van der Waals surface area contributed by atoms with Gasteiger partial charge in [-0.25, -0.2) is 0 Å². The Morgan fingerprint density at radius 1 is 1.26 bits per heavy atom. The first-order valence-corrected chi connectivity index (χ1v) is 7.25. The van der Waals surface area contributed by atoms with E-state index in [0.29, 0.717) is 6.54 Å². The van der Waals surface area contributed by atoms with Gasteiger partial charge in [-0.3, -0.25) is 9.59 Å². The Morgan fingerprint density at radius 3 is 2.16 bits per heavy atom. The SMILES string of the molecule is CCC(CC)(CN)C(=O)NC1CCN(C(C)=O)CC1. The summed E-state index contributed by atoms with van der Waals surface area (Å²) < 4.78 is 0. The molecule has 0 saturated carbocycles. The highest BCUT2D eigenvalue weighted by molar-refractivity contribution is 5.83. The molecule has 1 saturated heterocycles. The van der Waals surface area contributed by atoms with Crippen molar-refractivity contribution in [2.24, 2.45) is 11.1 Å². The zero-order chi connectivity index (χ0) is 14.5. The van der Waals surface area contributed by atoms with Crippen LogP contribution in [0.5, 0.6) is 0 Å². The van der Waals surface area contributed by atoms with Crippen molar-refractivity contribution in [3.8, 4) is 0 Å². The number of likely N-dealkylation sites (tertiary alicyclic amines) is 1. The molecule has 1 aliphatic rings. The maximum atomic E-state index is 12.4. The molecule has 0 spiro atoms. The molecule has 2 amide bonds. The van der Waals surface area contributed by atoms with Crippen LogP contribution in [0.4, 0.5) is 0 Å². The lowest BCUT2D eigenvalue weighted by Crippen LogP contribution is -2.52. The third-order valence-electron chi connectivity index (χ3n) is 4.50. The van der Waals surface area contributed by atoms with E-state index in [0.717, 1.165) is 38.8 Å². The quantitative estimate of drug-likeness (QED) is 0.778. The van der Waals surface area contributed by atoms with Gasteiger partial charge in [-0.2, -0.15) is 0 Å². The number of hydrogen-bond acceptors (Lipinski definition) is 3. The molecule has 5 heteroatoms. The molecule has 0 atom stereocenters. The van der Waals surface area contributed by atoms with Crippen molar-refractivity contribution in [3.05, 3.63) is 0 Å². The summed E-state index contributed by atoms with van der Waals surface area (Å²) in [6.45, 7) is 7.45. The Labute approximate surface area is 115 Å². The lowest BCUT2D eigenvalue weighted by molar-refractivity contribution is -0.132. The standard InChI is InChI=1S/C14H27N3O2/c1-4-14(5-2,10-15)13(19)16-12-6-8-17(9-7-12)11(3)18/h12H,4-10,15H2,1-3H3,(H,16,19). The molecule has 0 bridgehead atoms. The van der Waals surface area contributed by atoms with Crippen LogP contribution < -0.4 is 11.1 Å². The number of piperidine rings is 1. The van der Waals surface area contributed by atoms with Gasteiger partial charge in [-0.1, -0.05) is 13.8 Å². The van der Waals surface area contributed by atoms with Crippen LogP contribution in [0.1, 0.15) is 46.5 Å². The van der Waals surface area contributed by atoms with Crippen LogP contribution in [0.2, 0.25) is 0 Å². The summed E-state index contributed by atoms with van der Waals surface area (Å²) in [5.41, 5.74) is 5.35. The number of carbonyl (C=O) groups is 2. The molecule has 5 nitrogen and oxygen atoms in total. The molecular formula is C14H27N3O2. The van der Waals surface area contributed by atoms with Gasteiger partial charge >= 0.3 is 0 Å². The lowest BCUT2D eigenvalue weighted by atomic mass is 9.81. The molecule has 110 valence electrons. The van der Waals surface area contributed by atoms with Gasteiger partial charge in [0.2, 0.25) is 11.8 Å². The second kappa shape index (κ2) is 6.89. The molecule has 0 aliphatic carbocycles. The monoisotopic (exact) mass is 269 g/mol. The van der Waals surface area contributed by atoms with Crippen molar-refractivity contribution in [3.63, 3.8) is 0 Å². The molecule has 0 aromatic rings. The van der Waals surface area contributed by atoms with Gasteiger partial charge in [0.1, 0.15) is 0 Å². The summed E-state index contributed by atoms with van der Waals surface area (Å²) in [5, 5.41) is 3.12. The third-order valence-corrected chi connectivity index (χ3v) is 4.50. The normalized spacial score (nSPS) is 17.4. The third kappa shape index (κ3) is 3.69. The van der Waals surface area contributed by atoms with Crippen molar-refractivity contribution in [1.82, 2.24) is 10.2 Å². The molecule has 0 unspecified atom stereocenters. The number of amides is 2. The van der Waals surface area contributed by atoms with Crippen molar-refractivity contribution in [1.29, 1.82) is 0 Å². The average molecular weight is 269 g/mol. The van der Waals surface area contributed by atoms with E-state index in [9.17, 15) is 9.59 Å². The van der Waals surface area contributed by atoms with Gasteiger partial charge in [0.05, 0.1) is 5.41 Å². The summed E-state index contributed by atoms with van der Waals surface area (Å²) in [7, 11) is 0. The van der Waals surface area contributed by atoms with E-state index in [2.05, 4.69) is 5.32 Å².